The van der Waals surface area contributed by atoms with Crippen molar-refractivity contribution in [2.75, 3.05) is 6.54 Å². The van der Waals surface area contributed by atoms with Crippen molar-refractivity contribution in [3.63, 3.8) is 0 Å². The van der Waals surface area contributed by atoms with Crippen LogP contribution in [-0.2, 0) is 7.05 Å². The van der Waals surface area contributed by atoms with Gasteiger partial charge in [0, 0.05) is 19.4 Å². The molecule has 0 saturated carbocycles. The maximum absolute atomic E-state index is 4.34. The molecule has 1 rings (SSSR count). The van der Waals surface area contributed by atoms with Gasteiger partial charge in [0.2, 0.25) is 0 Å². The minimum atomic E-state index is 0.346. The van der Waals surface area contributed by atoms with E-state index < -0.39 is 0 Å². The quantitative estimate of drug-likeness (QED) is 0.720. The highest BCUT2D eigenvalue weighted by Gasteiger charge is 2.08. The summed E-state index contributed by atoms with van der Waals surface area (Å²) in [4.78, 5) is 4.34. The molecule has 0 spiro atoms. The Kier molecular flexibility index (Phi) is 5.53. The van der Waals surface area contributed by atoms with Crippen LogP contribution in [0.5, 0.6) is 0 Å². The number of aromatic nitrogens is 2. The zero-order valence-electron chi connectivity index (χ0n) is 11.0. The molecule has 0 bridgehead atoms. The molecule has 0 aliphatic carbocycles. The van der Waals surface area contributed by atoms with Crippen molar-refractivity contribution in [1.82, 2.24) is 14.9 Å². The van der Waals surface area contributed by atoms with E-state index in [0.29, 0.717) is 6.04 Å². The zero-order chi connectivity index (χ0) is 12.0. The lowest BCUT2D eigenvalue weighted by Gasteiger charge is -2.13. The number of rotatable bonds is 7. The highest BCUT2D eigenvalue weighted by molar-refractivity contribution is 4.96. The molecule has 0 radical (unpaired) electrons. The van der Waals surface area contributed by atoms with Crippen LogP contribution in [0.4, 0.5) is 0 Å². The number of aryl methyl sites for hydroxylation is 1. The van der Waals surface area contributed by atoms with Crippen LogP contribution in [0.1, 0.15) is 51.9 Å². The van der Waals surface area contributed by atoms with Gasteiger partial charge in [-0.2, -0.15) is 0 Å². The molecule has 3 nitrogen and oxygen atoms in total. The molecule has 1 aromatic heterocycles. The van der Waals surface area contributed by atoms with Gasteiger partial charge in [-0.1, -0.05) is 26.7 Å². The van der Waals surface area contributed by atoms with Crippen molar-refractivity contribution in [2.24, 2.45) is 13.0 Å². The van der Waals surface area contributed by atoms with E-state index >= 15 is 0 Å². The summed E-state index contributed by atoms with van der Waals surface area (Å²) in [5.41, 5.74) is 0. The first kappa shape index (κ1) is 13.2. The van der Waals surface area contributed by atoms with Crippen LogP contribution in [0.2, 0.25) is 0 Å². The molecular weight excluding hydrogens is 198 g/mol. The van der Waals surface area contributed by atoms with Gasteiger partial charge in [0.15, 0.2) is 0 Å². The summed E-state index contributed by atoms with van der Waals surface area (Å²) in [6.45, 7) is 7.82. The Labute approximate surface area is 99.3 Å². The van der Waals surface area contributed by atoms with Crippen LogP contribution in [-0.4, -0.2) is 16.1 Å². The molecule has 1 aromatic rings. The molecule has 0 fully saturated rings. The third-order valence-corrected chi connectivity index (χ3v) is 2.90. The molecule has 16 heavy (non-hydrogen) atoms. The fourth-order valence-electron chi connectivity index (χ4n) is 1.88. The van der Waals surface area contributed by atoms with Crippen LogP contribution in [0, 0.1) is 5.92 Å². The van der Waals surface area contributed by atoms with Crippen LogP contribution in [0.25, 0.3) is 0 Å². The average Bonchev–Trinajstić information content (AvgIpc) is 2.63. The summed E-state index contributed by atoms with van der Waals surface area (Å²) in [6, 6.07) is 0.346. The number of hydrogen-bond donors (Lipinski definition) is 1. The van der Waals surface area contributed by atoms with Gasteiger partial charge in [0.1, 0.15) is 5.82 Å². The molecule has 0 saturated heterocycles. The molecule has 1 atom stereocenters. The second-order valence-electron chi connectivity index (χ2n) is 4.96. The molecule has 1 unspecified atom stereocenters. The number of nitrogens with zero attached hydrogens (tertiary/aromatic N) is 2. The van der Waals surface area contributed by atoms with E-state index in [1.165, 1.54) is 19.3 Å². The van der Waals surface area contributed by atoms with Crippen LogP contribution >= 0.6 is 0 Å². The van der Waals surface area contributed by atoms with Gasteiger partial charge in [-0.25, -0.2) is 4.98 Å². The van der Waals surface area contributed by atoms with Crippen molar-refractivity contribution in [3.8, 4) is 0 Å². The molecule has 3 heteroatoms. The molecular formula is C13H25N3. The third kappa shape index (κ3) is 4.35. The van der Waals surface area contributed by atoms with Crippen LogP contribution in [0.3, 0.4) is 0 Å². The Morgan fingerprint density at radius 2 is 2.06 bits per heavy atom. The fraction of sp³-hybridized carbons (Fsp3) is 0.769. The van der Waals surface area contributed by atoms with Crippen molar-refractivity contribution in [1.29, 1.82) is 0 Å². The standard InChI is InChI=1S/C13H25N3/c1-11(2)7-5-6-8-14-12(3)13-15-9-10-16(13)4/h9-12,14H,5-8H2,1-4H3. The molecule has 1 heterocycles. The average molecular weight is 223 g/mol. The van der Waals surface area contributed by atoms with Crippen molar-refractivity contribution in [2.45, 2.75) is 46.1 Å². The van der Waals surface area contributed by atoms with Crippen LogP contribution < -0.4 is 5.32 Å². The van der Waals surface area contributed by atoms with Crippen LogP contribution in [0.15, 0.2) is 12.4 Å². The van der Waals surface area contributed by atoms with E-state index in [2.05, 4.69) is 35.6 Å². The predicted octanol–water partition coefficient (Wildman–Crippen LogP) is 2.90. The highest BCUT2D eigenvalue weighted by atomic mass is 15.1. The van der Waals surface area contributed by atoms with E-state index in [-0.39, 0.29) is 0 Å². The van der Waals surface area contributed by atoms with Crippen molar-refractivity contribution < 1.29 is 0 Å². The molecule has 1 N–H and O–H groups in total. The number of unbranched alkanes of at least 4 members (excludes halogenated alkanes) is 1. The zero-order valence-corrected chi connectivity index (χ0v) is 11.0. The van der Waals surface area contributed by atoms with E-state index in [1.807, 2.05) is 19.4 Å². The third-order valence-electron chi connectivity index (χ3n) is 2.90. The maximum Gasteiger partial charge on any atom is 0.125 e. The van der Waals surface area contributed by atoms with Gasteiger partial charge >= 0.3 is 0 Å². The number of imidazole rings is 1. The Hall–Kier alpha value is -0.830. The lowest BCUT2D eigenvalue weighted by atomic mass is 10.1. The first-order valence-electron chi connectivity index (χ1n) is 6.32. The minimum Gasteiger partial charge on any atom is -0.337 e. The number of hydrogen-bond acceptors (Lipinski definition) is 2. The Bertz CT molecular complexity index is 291. The second kappa shape index (κ2) is 6.69. The maximum atomic E-state index is 4.34. The summed E-state index contributed by atoms with van der Waals surface area (Å²) < 4.78 is 2.08. The molecule has 0 aromatic carbocycles. The largest absolute Gasteiger partial charge is 0.337 e. The lowest BCUT2D eigenvalue weighted by molar-refractivity contribution is 0.483. The lowest BCUT2D eigenvalue weighted by Crippen LogP contribution is -2.22. The summed E-state index contributed by atoms with van der Waals surface area (Å²) in [6.07, 6.45) is 7.75. The summed E-state index contributed by atoms with van der Waals surface area (Å²) in [5.74, 6) is 1.94. The van der Waals surface area contributed by atoms with Gasteiger partial charge in [-0.05, 0) is 25.8 Å². The first-order valence-corrected chi connectivity index (χ1v) is 6.32. The van der Waals surface area contributed by atoms with Gasteiger partial charge in [-0.3, -0.25) is 0 Å². The Morgan fingerprint density at radius 3 is 2.62 bits per heavy atom. The van der Waals surface area contributed by atoms with Crippen molar-refractivity contribution in [3.05, 3.63) is 18.2 Å². The Balaban J connectivity index is 2.16. The SMILES string of the molecule is CC(C)CCCCNC(C)c1nccn1C. The van der Waals surface area contributed by atoms with E-state index in [0.717, 1.165) is 18.3 Å². The smallest absolute Gasteiger partial charge is 0.125 e. The van der Waals surface area contributed by atoms with Gasteiger partial charge in [0.05, 0.1) is 6.04 Å². The van der Waals surface area contributed by atoms with Gasteiger partial charge in [0.25, 0.3) is 0 Å². The predicted molar refractivity (Wildman–Crippen MR) is 68.3 cm³/mol. The van der Waals surface area contributed by atoms with Gasteiger partial charge < -0.3 is 9.88 Å². The first-order chi connectivity index (χ1) is 7.61. The molecule has 0 aliphatic rings. The van der Waals surface area contributed by atoms with Gasteiger partial charge in [-0.15, -0.1) is 0 Å². The van der Waals surface area contributed by atoms with E-state index in [1.54, 1.807) is 0 Å². The topological polar surface area (TPSA) is 29.9 Å². The number of nitrogens with one attached hydrogen (secondary N) is 1. The summed E-state index contributed by atoms with van der Waals surface area (Å²) in [7, 11) is 2.04. The highest BCUT2D eigenvalue weighted by Crippen LogP contribution is 2.09. The second-order valence-corrected chi connectivity index (χ2v) is 4.96. The summed E-state index contributed by atoms with van der Waals surface area (Å²) >= 11 is 0. The monoisotopic (exact) mass is 223 g/mol. The Morgan fingerprint density at radius 1 is 1.31 bits per heavy atom. The summed E-state index contributed by atoms with van der Waals surface area (Å²) in [5, 5.41) is 3.52. The van der Waals surface area contributed by atoms with E-state index in [9.17, 15) is 0 Å². The normalized spacial score (nSPS) is 13.3. The molecule has 0 aliphatic heterocycles. The molecule has 0 amide bonds. The van der Waals surface area contributed by atoms with Crippen molar-refractivity contribution >= 4 is 0 Å². The fourth-order valence-corrected chi connectivity index (χ4v) is 1.88. The molecule has 92 valence electrons. The minimum absolute atomic E-state index is 0.346. The van der Waals surface area contributed by atoms with E-state index in [4.69, 9.17) is 0 Å².